The molecule has 0 aliphatic heterocycles. The van der Waals surface area contributed by atoms with Gasteiger partial charge in [-0.15, -0.1) is 0 Å². The molecule has 6 heteroatoms. The minimum atomic E-state index is -3.54. The van der Waals surface area contributed by atoms with Crippen LogP contribution in [0.25, 0.3) is 0 Å². The molecule has 0 aliphatic carbocycles. The van der Waals surface area contributed by atoms with Gasteiger partial charge in [-0.05, 0) is 0 Å². The van der Waals surface area contributed by atoms with Gasteiger partial charge in [-0.3, -0.25) is 0 Å². The molecule has 0 unspecified atom stereocenters. The first-order chi connectivity index (χ1) is 5.48. The first-order valence-corrected chi connectivity index (χ1v) is 7.12. The first-order valence-electron chi connectivity index (χ1n) is 3.61. The summed E-state index contributed by atoms with van der Waals surface area (Å²) < 4.78 is 4.89. The van der Waals surface area contributed by atoms with Crippen molar-refractivity contribution in [2.24, 2.45) is 0 Å². The summed E-state index contributed by atoms with van der Waals surface area (Å²) in [5.74, 6) is 0.405. The summed E-state index contributed by atoms with van der Waals surface area (Å²) in [7, 11) is -3.54. The predicted octanol–water partition coefficient (Wildman–Crippen LogP) is 1.45. The van der Waals surface area contributed by atoms with Crippen molar-refractivity contribution in [3.05, 3.63) is 0 Å². The third-order valence-electron chi connectivity index (χ3n) is 0.893. The van der Waals surface area contributed by atoms with E-state index in [1.54, 1.807) is 13.8 Å². The van der Waals surface area contributed by atoms with E-state index in [2.05, 4.69) is 0 Å². The topological polar surface area (TPSA) is 73.5 Å². The summed E-state index contributed by atoms with van der Waals surface area (Å²) in [6.07, 6.45) is 0.114. The molecular weight excluding hydrogens is 197 g/mol. The Morgan fingerprint density at radius 2 is 2.17 bits per heavy atom. The molecule has 0 fully saturated rings. The molecule has 0 saturated carbocycles. The van der Waals surface area contributed by atoms with Gasteiger partial charge in [0.15, 0.2) is 0 Å². The molecule has 0 aromatic rings. The third-order valence-corrected chi connectivity index (χ3v) is 4.49. The molecule has 0 aromatic carbocycles. The zero-order valence-corrected chi connectivity index (χ0v) is 8.97. The predicted molar refractivity (Wildman–Crippen MR) is 51.7 cm³/mol. The van der Waals surface area contributed by atoms with Crippen LogP contribution >= 0.6 is 18.5 Å². The third kappa shape index (κ3) is 6.84. The van der Waals surface area contributed by atoms with E-state index in [-0.39, 0.29) is 6.10 Å². The minimum absolute atomic E-state index is 0.193. The zero-order chi connectivity index (χ0) is 9.61. The number of nitrogens with zero attached hydrogens (tertiary/aromatic N) is 1. The van der Waals surface area contributed by atoms with Crippen molar-refractivity contribution in [2.75, 3.05) is 5.75 Å². The van der Waals surface area contributed by atoms with E-state index in [4.69, 9.17) is 9.79 Å². The van der Waals surface area contributed by atoms with Crippen LogP contribution in [-0.4, -0.2) is 21.6 Å². The Hall–Kier alpha value is 0.150. The van der Waals surface area contributed by atoms with Crippen LogP contribution in [0.5, 0.6) is 0 Å². The van der Waals surface area contributed by atoms with Crippen LogP contribution in [0.15, 0.2) is 0 Å². The summed E-state index contributed by atoms with van der Waals surface area (Å²) in [6, 6.07) is 1.92. The van der Waals surface area contributed by atoms with Crippen LogP contribution in [0, 0.1) is 11.3 Å². The second-order valence-electron chi connectivity index (χ2n) is 2.47. The molecule has 0 atom stereocenters. The molecule has 4 nitrogen and oxygen atoms in total. The maximum absolute atomic E-state index is 9.24. The normalized spacial score (nSPS) is 13.0. The van der Waals surface area contributed by atoms with E-state index in [1.165, 1.54) is 0 Å². The van der Waals surface area contributed by atoms with Crippen LogP contribution in [0.1, 0.15) is 20.3 Å². The Labute approximate surface area is 76.9 Å². The molecule has 2 N–H and O–H groups in total. The molecule has 72 valence electrons. The fraction of sp³-hybridized carbons (Fsp3) is 0.833. The van der Waals surface area contributed by atoms with Crippen LogP contribution in [0.2, 0.25) is 0 Å². The van der Waals surface area contributed by atoms with Gasteiger partial charge in [-0.1, -0.05) is 0 Å². The molecule has 0 spiro atoms. The van der Waals surface area contributed by atoms with E-state index in [9.17, 15) is 9.79 Å². The van der Waals surface area contributed by atoms with Gasteiger partial charge in [0.2, 0.25) is 0 Å². The molecule has 12 heavy (non-hydrogen) atoms. The van der Waals surface area contributed by atoms with Gasteiger partial charge in [-0.25, -0.2) is 0 Å². The maximum atomic E-state index is 9.24. The van der Waals surface area contributed by atoms with Gasteiger partial charge in [0.05, 0.1) is 0 Å². The van der Waals surface area contributed by atoms with Crippen molar-refractivity contribution < 1.29 is 14.3 Å². The molecule has 0 amide bonds. The average Bonchev–Trinajstić information content (AvgIpc) is 1.84. The van der Waals surface area contributed by atoms with Crippen molar-refractivity contribution in [1.29, 1.82) is 5.26 Å². The van der Waals surface area contributed by atoms with Gasteiger partial charge < -0.3 is 0 Å². The molecule has 0 aliphatic rings. The van der Waals surface area contributed by atoms with Gasteiger partial charge in [0.25, 0.3) is 0 Å². The number of hydrogen-bond donors (Lipinski definition) is 2. The molecule has 0 heterocycles. The van der Waals surface area contributed by atoms with Crippen molar-refractivity contribution in [2.45, 2.75) is 26.4 Å². The van der Waals surface area contributed by atoms with Gasteiger partial charge in [-0.2, -0.15) is 0 Å². The summed E-state index contributed by atoms with van der Waals surface area (Å²) >= 11 is 0.937. The molecule has 0 rings (SSSR count). The summed E-state index contributed by atoms with van der Waals surface area (Å²) in [4.78, 5) is 18.5. The quantitative estimate of drug-likeness (QED) is 0.532. The summed E-state index contributed by atoms with van der Waals surface area (Å²) in [5, 5.41) is 8.19. The average molecular weight is 211 g/mol. The van der Waals surface area contributed by atoms with Crippen molar-refractivity contribution in [3.8, 4) is 6.07 Å². The van der Waals surface area contributed by atoms with E-state index < -0.39 is 7.15 Å². The Morgan fingerprint density at radius 3 is 2.58 bits per heavy atom. The van der Waals surface area contributed by atoms with E-state index in [0.29, 0.717) is 12.2 Å². The molecule has 0 radical (unpaired) electrons. The van der Waals surface area contributed by atoms with Gasteiger partial charge in [0, 0.05) is 0 Å². The number of nitriles is 1. The number of hydrogen-bond acceptors (Lipinski definition) is 5. The summed E-state index contributed by atoms with van der Waals surface area (Å²) in [5.41, 5.74) is 0. The fourth-order valence-electron chi connectivity index (χ4n) is 0.571. The Morgan fingerprint density at radius 1 is 1.58 bits per heavy atom. The molecular formula is C6H14NO3PS. The van der Waals surface area contributed by atoms with Gasteiger partial charge >= 0.3 is 76.3 Å². The second kappa shape index (κ2) is 5.74. The van der Waals surface area contributed by atoms with Crippen molar-refractivity contribution in [1.82, 2.24) is 0 Å². The van der Waals surface area contributed by atoms with E-state index >= 15 is 0 Å². The molecule has 0 saturated heterocycles. The zero-order valence-electron chi connectivity index (χ0n) is 7.15. The van der Waals surface area contributed by atoms with Crippen LogP contribution in [0.3, 0.4) is 0 Å². The second-order valence-corrected chi connectivity index (χ2v) is 6.96. The van der Waals surface area contributed by atoms with Gasteiger partial charge in [0.1, 0.15) is 0 Å². The van der Waals surface area contributed by atoms with Crippen LogP contribution < -0.4 is 0 Å². The van der Waals surface area contributed by atoms with E-state index in [0.717, 1.165) is 11.4 Å². The Bertz CT molecular complexity index is 169. The van der Waals surface area contributed by atoms with Crippen LogP contribution in [-0.2, 0) is 4.52 Å². The Kier molecular flexibility index (Phi) is 5.81. The molecule has 0 bridgehead atoms. The SMILES string of the molecule is CC(C)O[PH](O)(O)SCCC#N. The monoisotopic (exact) mass is 211 g/mol. The van der Waals surface area contributed by atoms with Crippen molar-refractivity contribution in [3.63, 3.8) is 0 Å². The van der Waals surface area contributed by atoms with Crippen LogP contribution in [0.4, 0.5) is 0 Å². The van der Waals surface area contributed by atoms with Crippen molar-refractivity contribution >= 4 is 18.5 Å². The first kappa shape index (κ1) is 12.2. The fourth-order valence-corrected chi connectivity index (χ4v) is 3.60. The standard InChI is InChI=1S/C6H14NO3PS/c1-6(2)10-11(8,9)12-5-3-4-7/h6,8-9,11H,3,5H2,1-2H3. The van der Waals surface area contributed by atoms with E-state index in [1.807, 2.05) is 6.07 Å². The summed E-state index contributed by atoms with van der Waals surface area (Å²) in [6.45, 7) is 3.47. The number of rotatable bonds is 5. The Balaban J connectivity index is 3.65. The molecule has 0 aromatic heterocycles.